The third kappa shape index (κ3) is 4.43. The molecule has 0 amide bonds. The molecule has 0 atom stereocenters. The van der Waals surface area contributed by atoms with Crippen molar-refractivity contribution in [3.8, 4) is 45.3 Å². The first-order valence-electron chi connectivity index (χ1n) is 16.8. The van der Waals surface area contributed by atoms with Gasteiger partial charge in [-0.1, -0.05) is 91.0 Å². The fourth-order valence-corrected chi connectivity index (χ4v) is 8.47. The van der Waals surface area contributed by atoms with Crippen molar-refractivity contribution in [2.75, 3.05) is 0 Å². The minimum atomic E-state index is 0.582. The Morgan fingerprint density at radius 2 is 0.961 bits per heavy atom. The zero-order chi connectivity index (χ0) is 33.5. The van der Waals surface area contributed by atoms with Crippen molar-refractivity contribution in [3.63, 3.8) is 0 Å². The third-order valence-electron chi connectivity index (χ3n) is 9.76. The molecule has 4 heterocycles. The van der Waals surface area contributed by atoms with Crippen molar-refractivity contribution in [3.05, 3.63) is 152 Å². The Hall–Kier alpha value is -6.63. The molecule has 0 aliphatic carbocycles. The predicted octanol–water partition coefficient (Wildman–Crippen LogP) is 12.7. The summed E-state index contributed by atoms with van der Waals surface area (Å²) in [7, 11) is 0. The first kappa shape index (κ1) is 28.2. The predicted molar refractivity (Wildman–Crippen MR) is 209 cm³/mol. The van der Waals surface area contributed by atoms with Crippen LogP contribution in [0.2, 0.25) is 0 Å². The molecule has 0 fully saturated rings. The van der Waals surface area contributed by atoms with E-state index in [4.69, 9.17) is 23.8 Å². The molecule has 11 rings (SSSR count). The van der Waals surface area contributed by atoms with Crippen LogP contribution in [0.25, 0.3) is 109 Å². The van der Waals surface area contributed by atoms with Gasteiger partial charge < -0.3 is 8.83 Å². The SMILES string of the molecule is c1ccc(-c2nc(-c3ccc4sc5ccccc5c4c3)nc(-c3c(-c4ccc5oc6ccccc6c5c4)ccc4oc5ccccc5c34)n2)cc1. The standard InChI is InChI=1S/C45H25N3O2S/c1-2-10-26(11-3-1)43-46-44(28-19-23-40-34(25-28)31-13-6-9-17-39(31)51-40)48-45(47-43)42-29(20-22-38-41(42)32-14-5-8-16-36(32)50-38)27-18-21-37-33(24-27)30-12-4-7-15-35(30)49-37/h1-25H. The van der Waals surface area contributed by atoms with Crippen LogP contribution in [0, 0.1) is 0 Å². The average molecular weight is 672 g/mol. The lowest BCUT2D eigenvalue weighted by Crippen LogP contribution is -2.01. The van der Waals surface area contributed by atoms with E-state index in [-0.39, 0.29) is 0 Å². The van der Waals surface area contributed by atoms with Crippen LogP contribution in [0.5, 0.6) is 0 Å². The van der Waals surface area contributed by atoms with Gasteiger partial charge in [-0.3, -0.25) is 0 Å². The van der Waals surface area contributed by atoms with Gasteiger partial charge in [0.2, 0.25) is 0 Å². The van der Waals surface area contributed by atoms with Gasteiger partial charge in [0.05, 0.1) is 0 Å². The smallest absolute Gasteiger partial charge is 0.165 e. The Labute approximate surface area is 295 Å². The number of rotatable bonds is 4. The molecule has 0 spiro atoms. The van der Waals surface area contributed by atoms with Crippen molar-refractivity contribution in [2.24, 2.45) is 0 Å². The molecule has 11 aromatic rings. The van der Waals surface area contributed by atoms with Crippen LogP contribution in [0.1, 0.15) is 0 Å². The molecule has 0 saturated heterocycles. The summed E-state index contributed by atoms with van der Waals surface area (Å²) >= 11 is 1.80. The largest absolute Gasteiger partial charge is 0.456 e. The summed E-state index contributed by atoms with van der Waals surface area (Å²) in [5, 5.41) is 6.54. The van der Waals surface area contributed by atoms with E-state index in [1.54, 1.807) is 11.3 Å². The van der Waals surface area contributed by atoms with Crippen LogP contribution in [-0.4, -0.2) is 15.0 Å². The second kappa shape index (κ2) is 10.9. The lowest BCUT2D eigenvalue weighted by atomic mass is 9.93. The molecule has 0 unspecified atom stereocenters. The van der Waals surface area contributed by atoms with Gasteiger partial charge in [0.25, 0.3) is 0 Å². The third-order valence-corrected chi connectivity index (χ3v) is 10.9. The van der Waals surface area contributed by atoms with E-state index in [0.717, 1.165) is 71.7 Å². The molecule has 0 saturated carbocycles. The number of furan rings is 2. The molecular weight excluding hydrogens is 647 g/mol. The maximum Gasteiger partial charge on any atom is 0.165 e. The minimum Gasteiger partial charge on any atom is -0.456 e. The molecule has 5 nitrogen and oxygen atoms in total. The van der Waals surface area contributed by atoms with E-state index in [2.05, 4.69) is 84.9 Å². The van der Waals surface area contributed by atoms with Crippen molar-refractivity contribution < 1.29 is 8.83 Å². The summed E-state index contributed by atoms with van der Waals surface area (Å²) in [5.41, 5.74) is 8.08. The Morgan fingerprint density at radius 1 is 0.373 bits per heavy atom. The number of benzene rings is 7. The normalized spacial score (nSPS) is 11.9. The second-order valence-electron chi connectivity index (χ2n) is 12.8. The molecule has 0 aliphatic rings. The molecule has 6 heteroatoms. The lowest BCUT2D eigenvalue weighted by Gasteiger charge is -2.14. The Morgan fingerprint density at radius 3 is 1.82 bits per heavy atom. The first-order valence-corrected chi connectivity index (χ1v) is 17.7. The van der Waals surface area contributed by atoms with E-state index in [1.165, 1.54) is 20.2 Å². The molecular formula is C45H25N3O2S. The summed E-state index contributed by atoms with van der Waals surface area (Å²) < 4.78 is 15.1. The van der Waals surface area contributed by atoms with Gasteiger partial charge >= 0.3 is 0 Å². The van der Waals surface area contributed by atoms with Crippen molar-refractivity contribution >= 4 is 75.4 Å². The number of nitrogens with zero attached hydrogens (tertiary/aromatic N) is 3. The monoisotopic (exact) mass is 671 g/mol. The first-order chi connectivity index (χ1) is 25.2. The van der Waals surface area contributed by atoms with Gasteiger partial charge in [-0.2, -0.15) is 0 Å². The number of hydrogen-bond donors (Lipinski definition) is 0. The Balaban J connectivity index is 1.22. The van der Waals surface area contributed by atoms with Crippen molar-refractivity contribution in [2.45, 2.75) is 0 Å². The zero-order valence-corrected chi connectivity index (χ0v) is 27.8. The van der Waals surface area contributed by atoms with Crippen LogP contribution in [0.3, 0.4) is 0 Å². The van der Waals surface area contributed by atoms with Crippen LogP contribution >= 0.6 is 11.3 Å². The quantitative estimate of drug-likeness (QED) is 0.186. The second-order valence-corrected chi connectivity index (χ2v) is 13.8. The van der Waals surface area contributed by atoms with E-state index < -0.39 is 0 Å². The van der Waals surface area contributed by atoms with E-state index in [0.29, 0.717) is 17.5 Å². The maximum atomic E-state index is 6.45. The fourth-order valence-electron chi connectivity index (χ4n) is 7.38. The minimum absolute atomic E-state index is 0.582. The van der Waals surface area contributed by atoms with E-state index in [9.17, 15) is 0 Å². The van der Waals surface area contributed by atoms with Gasteiger partial charge in [-0.25, -0.2) is 15.0 Å². The molecule has 0 radical (unpaired) electrons. The molecule has 0 aliphatic heterocycles. The summed E-state index contributed by atoms with van der Waals surface area (Å²) in [5.74, 6) is 1.81. The topological polar surface area (TPSA) is 65.0 Å². The highest BCUT2D eigenvalue weighted by molar-refractivity contribution is 7.25. The molecule has 238 valence electrons. The van der Waals surface area contributed by atoms with Crippen LogP contribution < -0.4 is 0 Å². The number of aromatic nitrogens is 3. The molecule has 7 aromatic carbocycles. The number of fused-ring (bicyclic) bond motifs is 9. The maximum absolute atomic E-state index is 6.45. The Kier molecular flexibility index (Phi) is 6.05. The van der Waals surface area contributed by atoms with Crippen molar-refractivity contribution in [1.29, 1.82) is 0 Å². The van der Waals surface area contributed by atoms with Crippen molar-refractivity contribution in [1.82, 2.24) is 15.0 Å². The Bertz CT molecular complexity index is 3160. The number of para-hydroxylation sites is 2. The summed E-state index contributed by atoms with van der Waals surface area (Å²) in [4.78, 5) is 15.7. The summed E-state index contributed by atoms with van der Waals surface area (Å²) in [6.45, 7) is 0. The van der Waals surface area contributed by atoms with Crippen LogP contribution in [0.15, 0.2) is 160 Å². The molecule has 51 heavy (non-hydrogen) atoms. The van der Waals surface area contributed by atoms with E-state index in [1.807, 2.05) is 66.7 Å². The van der Waals surface area contributed by atoms with Gasteiger partial charge in [0.15, 0.2) is 17.5 Å². The highest BCUT2D eigenvalue weighted by atomic mass is 32.1. The van der Waals surface area contributed by atoms with Gasteiger partial charge in [-0.15, -0.1) is 11.3 Å². The van der Waals surface area contributed by atoms with E-state index >= 15 is 0 Å². The summed E-state index contributed by atoms with van der Waals surface area (Å²) in [6, 6.07) is 52.1. The summed E-state index contributed by atoms with van der Waals surface area (Å²) in [6.07, 6.45) is 0. The molecule has 0 bridgehead atoms. The average Bonchev–Trinajstić information content (AvgIpc) is 3.88. The number of thiophene rings is 1. The lowest BCUT2D eigenvalue weighted by molar-refractivity contribution is 0.668. The molecule has 4 aromatic heterocycles. The van der Waals surface area contributed by atoms with Crippen LogP contribution in [0.4, 0.5) is 0 Å². The highest BCUT2D eigenvalue weighted by Crippen LogP contribution is 2.44. The van der Waals surface area contributed by atoms with Gasteiger partial charge in [-0.05, 0) is 71.8 Å². The zero-order valence-electron chi connectivity index (χ0n) is 27.0. The van der Waals surface area contributed by atoms with Gasteiger partial charge in [0.1, 0.15) is 22.3 Å². The fraction of sp³-hybridized carbons (Fsp3) is 0. The number of hydrogen-bond acceptors (Lipinski definition) is 6. The van der Waals surface area contributed by atoms with Crippen LogP contribution in [-0.2, 0) is 0 Å². The van der Waals surface area contributed by atoms with Gasteiger partial charge in [0, 0.05) is 58.4 Å². The molecule has 0 N–H and O–H groups in total. The highest BCUT2D eigenvalue weighted by Gasteiger charge is 2.23.